The van der Waals surface area contributed by atoms with Gasteiger partial charge in [0.15, 0.2) is 0 Å². The number of anilines is 2. The second kappa shape index (κ2) is 5.58. The zero-order valence-corrected chi connectivity index (χ0v) is 12.5. The first kappa shape index (κ1) is 15.3. The van der Waals surface area contributed by atoms with E-state index >= 15 is 0 Å². The molecule has 0 aromatic heterocycles. The Balaban J connectivity index is 2.01. The van der Waals surface area contributed by atoms with Gasteiger partial charge in [0, 0.05) is 18.7 Å². The van der Waals surface area contributed by atoms with Crippen LogP contribution < -0.4 is 10.2 Å². The lowest BCUT2D eigenvalue weighted by atomic mass is 10.1. The topological polar surface area (TPSA) is 110 Å². The third-order valence-corrected chi connectivity index (χ3v) is 3.54. The number of nitro groups is 1. The summed E-state index contributed by atoms with van der Waals surface area (Å²) in [6.07, 6.45) is 0. The van der Waals surface area contributed by atoms with Crippen molar-refractivity contribution in [3.8, 4) is 0 Å². The van der Waals surface area contributed by atoms with Crippen LogP contribution in [0, 0.1) is 10.1 Å². The first-order valence-electron chi connectivity index (χ1n) is 6.94. The fourth-order valence-corrected chi connectivity index (χ4v) is 2.55. The second-order valence-corrected chi connectivity index (χ2v) is 5.13. The molecule has 0 unspecified atom stereocenters. The van der Waals surface area contributed by atoms with Gasteiger partial charge in [0.1, 0.15) is 5.56 Å². The maximum atomic E-state index is 12.5. The highest BCUT2D eigenvalue weighted by Gasteiger charge is 2.41. The van der Waals surface area contributed by atoms with Gasteiger partial charge in [-0.2, -0.15) is 0 Å². The molecule has 2 aromatic carbocycles. The number of hydrogen-bond donors (Lipinski definition) is 1. The molecule has 8 nitrogen and oxygen atoms in total. The Morgan fingerprint density at radius 3 is 2.33 bits per heavy atom. The van der Waals surface area contributed by atoms with Crippen LogP contribution in [0.4, 0.5) is 17.1 Å². The van der Waals surface area contributed by atoms with Crippen molar-refractivity contribution in [2.45, 2.75) is 6.92 Å². The minimum absolute atomic E-state index is 0.000127. The summed E-state index contributed by atoms with van der Waals surface area (Å²) in [5.41, 5.74) is 0.167. The molecule has 0 spiro atoms. The summed E-state index contributed by atoms with van der Waals surface area (Å²) in [6, 6.07) is 9.98. The van der Waals surface area contributed by atoms with E-state index < -0.39 is 22.4 Å². The SMILES string of the molecule is CC(=O)Nc1ccc(N2C(=O)c3cccc([N+](=O)[O-])c3C2=O)cc1. The minimum atomic E-state index is -0.741. The number of imide groups is 1. The number of benzene rings is 2. The summed E-state index contributed by atoms with van der Waals surface area (Å²) in [7, 11) is 0. The smallest absolute Gasteiger partial charge is 0.283 e. The summed E-state index contributed by atoms with van der Waals surface area (Å²) in [6.45, 7) is 1.36. The van der Waals surface area contributed by atoms with Gasteiger partial charge in [-0.3, -0.25) is 24.5 Å². The number of carbonyl (C=O) groups excluding carboxylic acids is 3. The Kier molecular flexibility index (Phi) is 3.57. The predicted molar refractivity (Wildman–Crippen MR) is 85.0 cm³/mol. The third-order valence-electron chi connectivity index (χ3n) is 3.54. The van der Waals surface area contributed by atoms with E-state index in [0.29, 0.717) is 5.69 Å². The van der Waals surface area contributed by atoms with E-state index in [-0.39, 0.29) is 22.7 Å². The quantitative estimate of drug-likeness (QED) is 0.529. The fraction of sp³-hybridized carbons (Fsp3) is 0.0625. The van der Waals surface area contributed by atoms with Crippen LogP contribution >= 0.6 is 0 Å². The molecule has 0 saturated heterocycles. The molecule has 120 valence electrons. The molecule has 24 heavy (non-hydrogen) atoms. The number of rotatable bonds is 3. The standard InChI is InChI=1S/C16H11N3O5/c1-9(20)17-10-5-7-11(8-6-10)18-15(21)12-3-2-4-13(19(23)24)14(12)16(18)22/h2-8H,1H3,(H,17,20). The Bertz CT molecular complexity index is 889. The van der Waals surface area contributed by atoms with E-state index in [4.69, 9.17) is 0 Å². The van der Waals surface area contributed by atoms with E-state index in [2.05, 4.69) is 5.32 Å². The lowest BCUT2D eigenvalue weighted by molar-refractivity contribution is -0.385. The fourth-order valence-electron chi connectivity index (χ4n) is 2.55. The molecule has 0 saturated carbocycles. The largest absolute Gasteiger partial charge is 0.326 e. The second-order valence-electron chi connectivity index (χ2n) is 5.13. The van der Waals surface area contributed by atoms with Gasteiger partial charge < -0.3 is 5.32 Å². The average Bonchev–Trinajstić information content (AvgIpc) is 2.79. The molecule has 0 aliphatic carbocycles. The van der Waals surface area contributed by atoms with Gasteiger partial charge in [-0.25, -0.2) is 4.90 Å². The molecule has 1 N–H and O–H groups in total. The number of carbonyl (C=O) groups is 3. The van der Waals surface area contributed by atoms with Crippen LogP contribution in [-0.2, 0) is 4.79 Å². The number of nitrogens with one attached hydrogen (secondary N) is 1. The number of fused-ring (bicyclic) bond motifs is 1. The van der Waals surface area contributed by atoms with Gasteiger partial charge in [0.25, 0.3) is 17.5 Å². The number of hydrogen-bond acceptors (Lipinski definition) is 5. The van der Waals surface area contributed by atoms with Crippen molar-refractivity contribution in [3.63, 3.8) is 0 Å². The zero-order chi connectivity index (χ0) is 17.4. The molecule has 0 bridgehead atoms. The zero-order valence-electron chi connectivity index (χ0n) is 12.5. The van der Waals surface area contributed by atoms with Crippen LogP contribution in [0.5, 0.6) is 0 Å². The molecular formula is C16H11N3O5. The maximum absolute atomic E-state index is 12.5. The van der Waals surface area contributed by atoms with Crippen molar-refractivity contribution in [2.75, 3.05) is 10.2 Å². The van der Waals surface area contributed by atoms with E-state index in [1.165, 1.54) is 49.4 Å². The van der Waals surface area contributed by atoms with Gasteiger partial charge in [0.2, 0.25) is 5.91 Å². The monoisotopic (exact) mass is 325 g/mol. The first-order chi connectivity index (χ1) is 11.4. The molecule has 0 fully saturated rings. The van der Waals surface area contributed by atoms with Crippen LogP contribution in [0.2, 0.25) is 0 Å². The van der Waals surface area contributed by atoms with Gasteiger partial charge in [-0.1, -0.05) is 6.07 Å². The summed E-state index contributed by atoms with van der Waals surface area (Å²) in [5, 5.41) is 13.7. The third kappa shape index (κ3) is 2.39. The molecule has 2 aromatic rings. The van der Waals surface area contributed by atoms with Crippen LogP contribution in [-0.4, -0.2) is 22.6 Å². The Morgan fingerprint density at radius 2 is 1.75 bits per heavy atom. The van der Waals surface area contributed by atoms with Crippen molar-refractivity contribution < 1.29 is 19.3 Å². The molecule has 1 aliphatic heterocycles. The Hall–Kier alpha value is -3.55. The van der Waals surface area contributed by atoms with Crippen molar-refractivity contribution in [1.82, 2.24) is 0 Å². The predicted octanol–water partition coefficient (Wildman–Crippen LogP) is 2.35. The lowest BCUT2D eigenvalue weighted by Gasteiger charge is -2.14. The van der Waals surface area contributed by atoms with Crippen LogP contribution in [0.3, 0.4) is 0 Å². The highest BCUT2D eigenvalue weighted by Crippen LogP contribution is 2.34. The Labute approximate surface area is 135 Å². The summed E-state index contributed by atoms with van der Waals surface area (Å²) >= 11 is 0. The number of nitro benzene ring substituents is 1. The highest BCUT2D eigenvalue weighted by atomic mass is 16.6. The summed E-state index contributed by atoms with van der Waals surface area (Å²) in [5.74, 6) is -1.61. The van der Waals surface area contributed by atoms with Crippen molar-refractivity contribution >= 4 is 34.8 Å². The maximum Gasteiger partial charge on any atom is 0.283 e. The van der Waals surface area contributed by atoms with Gasteiger partial charge in [0.05, 0.1) is 16.2 Å². The first-order valence-corrected chi connectivity index (χ1v) is 6.94. The highest BCUT2D eigenvalue weighted by molar-refractivity contribution is 6.35. The van der Waals surface area contributed by atoms with Gasteiger partial charge >= 0.3 is 0 Å². The molecule has 1 aliphatic rings. The van der Waals surface area contributed by atoms with E-state index in [1.807, 2.05) is 0 Å². The van der Waals surface area contributed by atoms with E-state index in [1.54, 1.807) is 0 Å². The summed E-state index contributed by atoms with van der Waals surface area (Å²) in [4.78, 5) is 47.3. The van der Waals surface area contributed by atoms with Gasteiger partial charge in [-0.15, -0.1) is 0 Å². The van der Waals surface area contributed by atoms with E-state index in [9.17, 15) is 24.5 Å². The number of nitrogens with zero attached hydrogens (tertiary/aromatic N) is 2. The van der Waals surface area contributed by atoms with Crippen molar-refractivity contribution in [1.29, 1.82) is 0 Å². The molecule has 1 heterocycles. The Morgan fingerprint density at radius 1 is 1.08 bits per heavy atom. The van der Waals surface area contributed by atoms with Crippen molar-refractivity contribution in [3.05, 3.63) is 63.7 Å². The molecule has 0 atom stereocenters. The molecule has 3 amide bonds. The molecule has 3 rings (SSSR count). The average molecular weight is 325 g/mol. The minimum Gasteiger partial charge on any atom is -0.326 e. The normalized spacial score (nSPS) is 13.0. The molecule has 0 radical (unpaired) electrons. The van der Waals surface area contributed by atoms with Gasteiger partial charge in [-0.05, 0) is 30.3 Å². The van der Waals surface area contributed by atoms with Crippen LogP contribution in [0.25, 0.3) is 0 Å². The van der Waals surface area contributed by atoms with Crippen molar-refractivity contribution in [2.24, 2.45) is 0 Å². The van der Waals surface area contributed by atoms with E-state index in [0.717, 1.165) is 4.90 Å². The number of amides is 3. The van der Waals surface area contributed by atoms with Crippen LogP contribution in [0.15, 0.2) is 42.5 Å². The molecular weight excluding hydrogens is 314 g/mol. The summed E-state index contributed by atoms with van der Waals surface area (Å²) < 4.78 is 0. The lowest BCUT2D eigenvalue weighted by Crippen LogP contribution is -2.29. The van der Waals surface area contributed by atoms with Crippen LogP contribution in [0.1, 0.15) is 27.6 Å². The molecule has 8 heteroatoms.